The van der Waals surface area contributed by atoms with Gasteiger partial charge in [0.05, 0.1) is 26.4 Å². The van der Waals surface area contributed by atoms with E-state index in [0.29, 0.717) is 35.1 Å². The summed E-state index contributed by atoms with van der Waals surface area (Å²) < 4.78 is 16.5. The molecule has 3 rings (SSSR count). The average molecular weight is 476 g/mol. The lowest BCUT2D eigenvalue weighted by molar-refractivity contribution is -0.120. The highest BCUT2D eigenvalue weighted by Crippen LogP contribution is 2.28. The van der Waals surface area contributed by atoms with Crippen LogP contribution in [0.5, 0.6) is 17.2 Å². The summed E-state index contributed by atoms with van der Waals surface area (Å²) >= 11 is 0. The molecule has 8 heteroatoms. The average Bonchev–Trinajstić information content (AvgIpc) is 2.85. The molecule has 35 heavy (non-hydrogen) atoms. The molecule has 0 aromatic heterocycles. The van der Waals surface area contributed by atoms with Crippen LogP contribution in [-0.2, 0) is 16.0 Å². The minimum atomic E-state index is -0.277. The van der Waals surface area contributed by atoms with Crippen molar-refractivity contribution in [1.82, 2.24) is 5.43 Å². The summed E-state index contributed by atoms with van der Waals surface area (Å²) in [6.07, 6.45) is 1.69. The van der Waals surface area contributed by atoms with Gasteiger partial charge in [-0.1, -0.05) is 29.8 Å². The van der Waals surface area contributed by atoms with Gasteiger partial charge in [0, 0.05) is 5.69 Å². The SMILES string of the molecule is CCOc1cc(/C=N/NC(=O)Cc2cccc(OC)c2)ccc1OCC(=O)Nc1ccc(C)cc1. The van der Waals surface area contributed by atoms with Crippen molar-refractivity contribution in [2.24, 2.45) is 5.10 Å². The lowest BCUT2D eigenvalue weighted by atomic mass is 10.1. The number of benzene rings is 3. The van der Waals surface area contributed by atoms with Crippen LogP contribution in [0, 0.1) is 6.92 Å². The largest absolute Gasteiger partial charge is 0.497 e. The lowest BCUT2D eigenvalue weighted by Crippen LogP contribution is -2.20. The van der Waals surface area contributed by atoms with Gasteiger partial charge >= 0.3 is 0 Å². The van der Waals surface area contributed by atoms with Gasteiger partial charge in [-0.05, 0) is 67.4 Å². The maximum atomic E-state index is 12.2. The number of methoxy groups -OCH3 is 1. The van der Waals surface area contributed by atoms with Crippen LogP contribution in [0.3, 0.4) is 0 Å². The Labute approximate surface area is 204 Å². The van der Waals surface area contributed by atoms with Crippen LogP contribution >= 0.6 is 0 Å². The Morgan fingerprint density at radius 2 is 1.74 bits per heavy atom. The van der Waals surface area contributed by atoms with Gasteiger partial charge in [-0.25, -0.2) is 5.43 Å². The number of hydrogen-bond donors (Lipinski definition) is 2. The first-order valence-electron chi connectivity index (χ1n) is 11.2. The summed E-state index contributed by atoms with van der Waals surface area (Å²) in [5, 5.41) is 6.81. The number of rotatable bonds is 11. The van der Waals surface area contributed by atoms with Gasteiger partial charge in [-0.3, -0.25) is 9.59 Å². The molecule has 182 valence electrons. The minimum Gasteiger partial charge on any atom is -0.497 e. The molecule has 0 aliphatic rings. The zero-order valence-corrected chi connectivity index (χ0v) is 20.0. The number of nitrogens with one attached hydrogen (secondary N) is 2. The highest BCUT2D eigenvalue weighted by Gasteiger charge is 2.10. The summed E-state index contributed by atoms with van der Waals surface area (Å²) in [5.41, 5.74) is 5.85. The summed E-state index contributed by atoms with van der Waals surface area (Å²) in [6.45, 7) is 4.09. The van der Waals surface area contributed by atoms with E-state index < -0.39 is 0 Å². The molecule has 0 fully saturated rings. The van der Waals surface area contributed by atoms with E-state index in [2.05, 4.69) is 15.8 Å². The van der Waals surface area contributed by atoms with E-state index in [4.69, 9.17) is 14.2 Å². The highest BCUT2D eigenvalue weighted by atomic mass is 16.5. The number of hydrogen-bond acceptors (Lipinski definition) is 6. The van der Waals surface area contributed by atoms with Gasteiger partial charge in [0.2, 0.25) is 5.91 Å². The van der Waals surface area contributed by atoms with Crippen molar-refractivity contribution < 1.29 is 23.8 Å². The predicted molar refractivity (Wildman–Crippen MR) is 135 cm³/mol. The molecular weight excluding hydrogens is 446 g/mol. The second-order valence-electron chi connectivity index (χ2n) is 7.66. The Hall–Kier alpha value is -4.33. The molecule has 0 bridgehead atoms. The molecule has 0 aliphatic heterocycles. The third kappa shape index (κ3) is 8.19. The first-order valence-corrected chi connectivity index (χ1v) is 11.2. The number of aryl methyl sites for hydroxylation is 1. The normalized spacial score (nSPS) is 10.6. The van der Waals surface area contributed by atoms with Crippen LogP contribution in [-0.4, -0.2) is 38.4 Å². The van der Waals surface area contributed by atoms with Gasteiger partial charge in [0.15, 0.2) is 18.1 Å². The standard InChI is InChI=1S/C27H29N3O5/c1-4-34-25-15-21(17-28-30-26(31)16-20-6-5-7-23(14-20)33-3)10-13-24(25)35-18-27(32)29-22-11-8-19(2)9-12-22/h5-15,17H,4,16,18H2,1-3H3,(H,29,32)(H,30,31)/b28-17+. The van der Waals surface area contributed by atoms with E-state index in [9.17, 15) is 9.59 Å². The maximum Gasteiger partial charge on any atom is 0.262 e. The summed E-state index contributed by atoms with van der Waals surface area (Å²) in [4.78, 5) is 24.4. The highest BCUT2D eigenvalue weighted by molar-refractivity contribution is 5.92. The van der Waals surface area contributed by atoms with Gasteiger partial charge in [-0.15, -0.1) is 0 Å². The molecule has 8 nitrogen and oxygen atoms in total. The first-order chi connectivity index (χ1) is 17.0. The van der Waals surface area contributed by atoms with Gasteiger partial charge in [0.25, 0.3) is 5.91 Å². The Morgan fingerprint density at radius 1 is 0.943 bits per heavy atom. The predicted octanol–water partition coefficient (Wildman–Crippen LogP) is 4.11. The Morgan fingerprint density at radius 3 is 2.49 bits per heavy atom. The molecule has 3 aromatic rings. The third-order valence-electron chi connectivity index (χ3n) is 4.86. The van der Waals surface area contributed by atoms with E-state index in [1.54, 1.807) is 31.4 Å². The summed E-state index contributed by atoms with van der Waals surface area (Å²) in [6, 6.07) is 20.0. The number of amides is 2. The molecule has 0 radical (unpaired) electrons. The van der Waals surface area contributed by atoms with Crippen LogP contribution in [0.4, 0.5) is 5.69 Å². The molecule has 0 spiro atoms. The van der Waals surface area contributed by atoms with Crippen molar-refractivity contribution in [3.8, 4) is 17.2 Å². The van der Waals surface area contributed by atoms with E-state index in [1.807, 2.05) is 56.3 Å². The monoisotopic (exact) mass is 475 g/mol. The number of ether oxygens (including phenoxy) is 3. The smallest absolute Gasteiger partial charge is 0.262 e. The van der Waals surface area contributed by atoms with Crippen molar-refractivity contribution in [1.29, 1.82) is 0 Å². The van der Waals surface area contributed by atoms with Gasteiger partial charge in [0.1, 0.15) is 5.75 Å². The molecule has 0 saturated carbocycles. The number of nitrogens with zero attached hydrogens (tertiary/aromatic N) is 1. The zero-order valence-electron chi connectivity index (χ0n) is 20.0. The van der Waals surface area contributed by atoms with Crippen LogP contribution in [0.25, 0.3) is 0 Å². The second-order valence-corrected chi connectivity index (χ2v) is 7.66. The lowest BCUT2D eigenvalue weighted by Gasteiger charge is -2.12. The summed E-state index contributed by atoms with van der Waals surface area (Å²) in [7, 11) is 1.58. The molecule has 3 aromatic carbocycles. The molecule has 2 N–H and O–H groups in total. The number of hydrazone groups is 1. The van der Waals surface area contributed by atoms with Crippen molar-refractivity contribution in [2.45, 2.75) is 20.3 Å². The minimum absolute atomic E-state index is 0.165. The number of carbonyl (C=O) groups excluding carboxylic acids is 2. The molecule has 0 saturated heterocycles. The van der Waals surface area contributed by atoms with Crippen LogP contribution in [0.1, 0.15) is 23.6 Å². The van der Waals surface area contributed by atoms with Crippen LogP contribution in [0.2, 0.25) is 0 Å². The fraction of sp³-hybridized carbons (Fsp3) is 0.222. The Balaban J connectivity index is 1.55. The molecule has 0 unspecified atom stereocenters. The Bertz CT molecular complexity index is 1180. The molecule has 2 amide bonds. The fourth-order valence-electron chi connectivity index (χ4n) is 3.16. The van der Waals surface area contributed by atoms with Crippen LogP contribution in [0.15, 0.2) is 71.8 Å². The number of carbonyl (C=O) groups is 2. The van der Waals surface area contributed by atoms with Crippen molar-refractivity contribution >= 4 is 23.7 Å². The second kappa shape index (κ2) is 12.8. The molecule has 0 atom stereocenters. The van der Waals surface area contributed by atoms with Gasteiger partial charge in [-0.2, -0.15) is 5.10 Å². The van der Waals surface area contributed by atoms with Crippen molar-refractivity contribution in [2.75, 3.05) is 25.6 Å². The van der Waals surface area contributed by atoms with E-state index in [1.165, 1.54) is 6.21 Å². The van der Waals surface area contributed by atoms with Crippen LogP contribution < -0.4 is 25.0 Å². The molecule has 0 aliphatic carbocycles. The van der Waals surface area contributed by atoms with E-state index in [0.717, 1.165) is 11.1 Å². The Kier molecular flexibility index (Phi) is 9.24. The summed E-state index contributed by atoms with van der Waals surface area (Å²) in [5.74, 6) is 1.07. The fourth-order valence-corrected chi connectivity index (χ4v) is 3.16. The van der Waals surface area contributed by atoms with E-state index in [-0.39, 0.29) is 24.8 Å². The van der Waals surface area contributed by atoms with Crippen molar-refractivity contribution in [3.63, 3.8) is 0 Å². The third-order valence-corrected chi connectivity index (χ3v) is 4.86. The maximum absolute atomic E-state index is 12.2. The quantitative estimate of drug-likeness (QED) is 0.321. The molecule has 0 heterocycles. The topological polar surface area (TPSA) is 98.2 Å². The van der Waals surface area contributed by atoms with E-state index >= 15 is 0 Å². The zero-order chi connectivity index (χ0) is 25.0. The first kappa shape index (κ1) is 25.3. The number of anilines is 1. The van der Waals surface area contributed by atoms with Crippen molar-refractivity contribution in [3.05, 3.63) is 83.4 Å². The molecular formula is C27H29N3O5. The van der Waals surface area contributed by atoms with Gasteiger partial charge < -0.3 is 19.5 Å².